The number of benzene rings is 2. The zero-order chi connectivity index (χ0) is 21.2. The first-order valence-corrected chi connectivity index (χ1v) is 10.4. The Balaban J connectivity index is 1.27. The number of ether oxygens (including phenoxy) is 2. The van der Waals surface area contributed by atoms with E-state index in [4.69, 9.17) is 9.47 Å². The van der Waals surface area contributed by atoms with Crippen LogP contribution in [0.3, 0.4) is 0 Å². The van der Waals surface area contributed by atoms with Crippen molar-refractivity contribution < 1.29 is 18.7 Å². The molecule has 2 aliphatic heterocycles. The fourth-order valence-electron chi connectivity index (χ4n) is 4.01. The summed E-state index contributed by atoms with van der Waals surface area (Å²) in [5.41, 5.74) is 2.69. The van der Waals surface area contributed by atoms with Crippen LogP contribution in [0.25, 0.3) is 11.3 Å². The Bertz CT molecular complexity index is 1090. The van der Waals surface area contributed by atoms with Crippen LogP contribution in [-0.4, -0.2) is 65.3 Å². The van der Waals surface area contributed by atoms with Gasteiger partial charge in [0.25, 0.3) is 5.91 Å². The number of nitrogens with zero attached hydrogens (tertiary/aromatic N) is 3. The van der Waals surface area contributed by atoms with Gasteiger partial charge in [0.05, 0.1) is 17.5 Å². The molecule has 0 bridgehead atoms. The van der Waals surface area contributed by atoms with Crippen LogP contribution in [0.5, 0.6) is 11.5 Å². The van der Waals surface area contributed by atoms with E-state index in [1.165, 1.54) is 6.07 Å². The van der Waals surface area contributed by atoms with E-state index in [2.05, 4.69) is 15.1 Å². The minimum absolute atomic E-state index is 0.0656. The second-order valence-corrected chi connectivity index (χ2v) is 7.68. The molecule has 0 unspecified atom stereocenters. The molecule has 1 saturated heterocycles. The molecule has 2 aromatic carbocycles. The van der Waals surface area contributed by atoms with Crippen LogP contribution in [0.2, 0.25) is 0 Å². The first-order chi connectivity index (χ1) is 15.2. The summed E-state index contributed by atoms with van der Waals surface area (Å²) in [6.45, 7) is 4.13. The van der Waals surface area contributed by atoms with Gasteiger partial charge in [-0.1, -0.05) is 18.2 Å². The molecule has 1 aromatic heterocycles. The third-order valence-corrected chi connectivity index (χ3v) is 5.71. The van der Waals surface area contributed by atoms with Crippen LogP contribution in [0.1, 0.15) is 15.9 Å². The first-order valence-electron chi connectivity index (χ1n) is 10.4. The molecular weight excluding hydrogens is 399 g/mol. The number of nitrogens with one attached hydrogen (secondary N) is 1. The molecular formula is C23H23FN4O3. The van der Waals surface area contributed by atoms with E-state index in [0.717, 1.165) is 5.56 Å². The Morgan fingerprint density at radius 3 is 2.61 bits per heavy atom. The third kappa shape index (κ3) is 3.98. The number of carbonyl (C=O) groups excluding carboxylic acids is 1. The van der Waals surface area contributed by atoms with Crippen LogP contribution in [0.15, 0.2) is 48.7 Å². The van der Waals surface area contributed by atoms with E-state index in [1.54, 1.807) is 18.3 Å². The zero-order valence-corrected chi connectivity index (χ0v) is 17.0. The fraction of sp³-hybridized carbons (Fsp3) is 0.304. The molecule has 160 valence electrons. The minimum Gasteiger partial charge on any atom is -0.486 e. The smallest absolute Gasteiger partial charge is 0.257 e. The van der Waals surface area contributed by atoms with Gasteiger partial charge < -0.3 is 14.4 Å². The number of hydrogen-bond acceptors (Lipinski definition) is 5. The Hall–Kier alpha value is -3.39. The maximum absolute atomic E-state index is 13.9. The maximum Gasteiger partial charge on any atom is 0.257 e. The molecule has 31 heavy (non-hydrogen) atoms. The predicted molar refractivity (Wildman–Crippen MR) is 113 cm³/mol. The normalized spacial score (nSPS) is 16.4. The highest BCUT2D eigenvalue weighted by atomic mass is 19.1. The van der Waals surface area contributed by atoms with Crippen molar-refractivity contribution in [1.29, 1.82) is 0 Å². The van der Waals surface area contributed by atoms with Gasteiger partial charge in [0.1, 0.15) is 19.0 Å². The van der Waals surface area contributed by atoms with Crippen molar-refractivity contribution in [1.82, 2.24) is 20.0 Å². The number of halogens is 1. The summed E-state index contributed by atoms with van der Waals surface area (Å²) in [4.78, 5) is 17.2. The van der Waals surface area contributed by atoms with Gasteiger partial charge in [-0.15, -0.1) is 0 Å². The molecule has 1 N–H and O–H groups in total. The average molecular weight is 422 g/mol. The fourth-order valence-corrected chi connectivity index (χ4v) is 4.01. The highest BCUT2D eigenvalue weighted by Crippen LogP contribution is 2.35. The van der Waals surface area contributed by atoms with Gasteiger partial charge in [-0.2, -0.15) is 5.10 Å². The van der Waals surface area contributed by atoms with Crippen LogP contribution in [0, 0.1) is 5.82 Å². The van der Waals surface area contributed by atoms with E-state index >= 15 is 0 Å². The molecule has 0 atom stereocenters. The number of rotatable bonds is 4. The van der Waals surface area contributed by atoms with Crippen molar-refractivity contribution >= 4 is 5.91 Å². The zero-order valence-electron chi connectivity index (χ0n) is 17.0. The molecule has 1 amide bonds. The minimum atomic E-state index is -0.191. The highest BCUT2D eigenvalue weighted by Gasteiger charge is 2.26. The number of piperazine rings is 1. The summed E-state index contributed by atoms with van der Waals surface area (Å²) >= 11 is 0. The molecule has 2 aliphatic rings. The van der Waals surface area contributed by atoms with Gasteiger partial charge in [-0.25, -0.2) is 4.39 Å². The van der Waals surface area contributed by atoms with Crippen molar-refractivity contribution in [2.75, 3.05) is 39.4 Å². The monoisotopic (exact) mass is 422 g/mol. The number of hydrogen-bond donors (Lipinski definition) is 1. The standard InChI is InChI=1S/C23H23FN4O3/c24-19-4-2-1-3-17(19)15-27-7-9-28(10-8-27)23(29)18-14-25-26-22(18)16-5-6-20-21(13-16)31-12-11-30-20/h1-6,13-14H,7-12,15H2,(H,25,26). The highest BCUT2D eigenvalue weighted by molar-refractivity contribution is 6.00. The number of fused-ring (bicyclic) bond motifs is 1. The summed E-state index contributed by atoms with van der Waals surface area (Å²) in [6, 6.07) is 12.4. The van der Waals surface area contributed by atoms with Gasteiger partial charge in [-0.3, -0.25) is 14.8 Å². The number of H-pyrrole nitrogens is 1. The molecule has 0 saturated carbocycles. The van der Waals surface area contributed by atoms with Gasteiger partial charge in [-0.05, 0) is 24.3 Å². The Morgan fingerprint density at radius 2 is 1.81 bits per heavy atom. The topological polar surface area (TPSA) is 70.7 Å². The molecule has 1 fully saturated rings. The lowest BCUT2D eigenvalue weighted by Crippen LogP contribution is -2.48. The Morgan fingerprint density at radius 1 is 1.03 bits per heavy atom. The lowest BCUT2D eigenvalue weighted by atomic mass is 10.1. The number of aromatic nitrogens is 2. The summed E-state index contributed by atoms with van der Waals surface area (Å²) in [7, 11) is 0. The Kier molecular flexibility index (Phi) is 5.30. The summed E-state index contributed by atoms with van der Waals surface area (Å²) in [5.74, 6) is 1.11. The maximum atomic E-state index is 13.9. The second kappa shape index (κ2) is 8.39. The van der Waals surface area contributed by atoms with Crippen molar-refractivity contribution in [3.05, 3.63) is 65.6 Å². The molecule has 0 aliphatic carbocycles. The molecule has 3 heterocycles. The molecule has 8 heteroatoms. The van der Waals surface area contributed by atoms with E-state index in [-0.39, 0.29) is 11.7 Å². The number of aromatic amines is 1. The molecule has 0 spiro atoms. The van der Waals surface area contributed by atoms with Crippen LogP contribution in [0.4, 0.5) is 4.39 Å². The van der Waals surface area contributed by atoms with Crippen LogP contribution < -0.4 is 9.47 Å². The SMILES string of the molecule is O=C(c1cn[nH]c1-c1ccc2c(c1)OCCO2)N1CCN(Cc2ccccc2F)CC1. The van der Waals surface area contributed by atoms with Gasteiger partial charge in [0.15, 0.2) is 11.5 Å². The van der Waals surface area contributed by atoms with E-state index in [0.29, 0.717) is 74.3 Å². The van der Waals surface area contributed by atoms with Crippen molar-refractivity contribution in [2.45, 2.75) is 6.54 Å². The van der Waals surface area contributed by atoms with Crippen molar-refractivity contribution in [3.8, 4) is 22.8 Å². The number of carbonyl (C=O) groups is 1. The van der Waals surface area contributed by atoms with Crippen LogP contribution >= 0.6 is 0 Å². The lowest BCUT2D eigenvalue weighted by Gasteiger charge is -2.34. The Labute approximate surface area is 179 Å². The summed E-state index contributed by atoms with van der Waals surface area (Å²) in [5, 5.41) is 7.06. The molecule has 5 rings (SSSR count). The summed E-state index contributed by atoms with van der Waals surface area (Å²) in [6.07, 6.45) is 1.57. The average Bonchev–Trinajstić information content (AvgIpc) is 3.30. The predicted octanol–water partition coefficient (Wildman–Crippen LogP) is 2.95. The largest absolute Gasteiger partial charge is 0.486 e. The van der Waals surface area contributed by atoms with Gasteiger partial charge in [0, 0.05) is 43.9 Å². The molecule has 0 radical (unpaired) electrons. The quantitative estimate of drug-likeness (QED) is 0.700. The van der Waals surface area contributed by atoms with Gasteiger partial charge >= 0.3 is 0 Å². The van der Waals surface area contributed by atoms with Crippen LogP contribution in [-0.2, 0) is 6.54 Å². The summed E-state index contributed by atoms with van der Waals surface area (Å²) < 4.78 is 25.2. The van der Waals surface area contributed by atoms with E-state index < -0.39 is 0 Å². The third-order valence-electron chi connectivity index (χ3n) is 5.71. The van der Waals surface area contributed by atoms with Gasteiger partial charge in [0.2, 0.25) is 0 Å². The van der Waals surface area contributed by atoms with E-state index in [9.17, 15) is 9.18 Å². The van der Waals surface area contributed by atoms with Crippen molar-refractivity contribution in [3.63, 3.8) is 0 Å². The lowest BCUT2D eigenvalue weighted by molar-refractivity contribution is 0.0628. The van der Waals surface area contributed by atoms with Crippen molar-refractivity contribution in [2.24, 2.45) is 0 Å². The second-order valence-electron chi connectivity index (χ2n) is 7.68. The molecule has 3 aromatic rings. The molecule has 7 nitrogen and oxygen atoms in total. The number of amides is 1. The van der Waals surface area contributed by atoms with E-state index in [1.807, 2.05) is 29.2 Å². The first kappa shape index (κ1) is 19.6.